The molecule has 0 radical (unpaired) electrons. The van der Waals surface area contributed by atoms with Crippen LogP contribution in [0.3, 0.4) is 0 Å². The number of carbonyl (C=O) groups excluding carboxylic acids is 1. The van der Waals surface area contributed by atoms with E-state index in [1.807, 2.05) is 36.2 Å². The Labute approximate surface area is 114 Å². The monoisotopic (exact) mass is 270 g/mol. The average Bonchev–Trinajstić information content (AvgIpc) is 2.38. The summed E-state index contributed by atoms with van der Waals surface area (Å²) in [4.78, 5) is 13.9. The molecule has 0 aromatic heterocycles. The Bertz CT molecular complexity index is 398. The van der Waals surface area contributed by atoms with E-state index < -0.39 is 0 Å². The van der Waals surface area contributed by atoms with Crippen LogP contribution in [0.2, 0.25) is 0 Å². The number of halogens is 1. The lowest BCUT2D eigenvalue weighted by Gasteiger charge is -2.29. The molecule has 0 saturated carbocycles. The van der Waals surface area contributed by atoms with Crippen molar-refractivity contribution in [3.63, 3.8) is 0 Å². The van der Waals surface area contributed by atoms with Crippen LogP contribution in [0, 0.1) is 0 Å². The third-order valence-electron chi connectivity index (χ3n) is 2.85. The summed E-state index contributed by atoms with van der Waals surface area (Å²) < 4.78 is 5.52. The minimum absolute atomic E-state index is 0. The Hall–Kier alpha value is -1.26. The second-order valence-electron chi connectivity index (χ2n) is 4.07. The fourth-order valence-electron chi connectivity index (χ4n) is 1.98. The van der Waals surface area contributed by atoms with Gasteiger partial charge in [0.05, 0.1) is 12.2 Å². The van der Waals surface area contributed by atoms with E-state index in [2.05, 4.69) is 5.32 Å². The second-order valence-corrected chi connectivity index (χ2v) is 4.07. The molecule has 18 heavy (non-hydrogen) atoms. The van der Waals surface area contributed by atoms with E-state index >= 15 is 0 Å². The van der Waals surface area contributed by atoms with Gasteiger partial charge in [-0.25, -0.2) is 0 Å². The zero-order valence-electron chi connectivity index (χ0n) is 10.5. The molecule has 0 atom stereocenters. The molecule has 0 unspecified atom stereocenters. The van der Waals surface area contributed by atoms with Gasteiger partial charge >= 0.3 is 0 Å². The van der Waals surface area contributed by atoms with E-state index in [0.717, 1.165) is 24.4 Å². The molecule has 1 aromatic rings. The largest absolute Gasteiger partial charge is 0.490 e. The lowest BCUT2D eigenvalue weighted by atomic mass is 10.2. The van der Waals surface area contributed by atoms with Crippen LogP contribution in [0.1, 0.15) is 12.8 Å². The molecule has 0 spiro atoms. The Morgan fingerprint density at radius 1 is 1.44 bits per heavy atom. The second kappa shape index (κ2) is 7.24. The van der Waals surface area contributed by atoms with Gasteiger partial charge in [0.1, 0.15) is 12.4 Å². The van der Waals surface area contributed by atoms with Crippen LogP contribution in [0.4, 0.5) is 5.69 Å². The summed E-state index contributed by atoms with van der Waals surface area (Å²) in [6.45, 7) is 2.10. The van der Waals surface area contributed by atoms with Gasteiger partial charge in [-0.05, 0) is 32.1 Å². The van der Waals surface area contributed by atoms with E-state index in [1.54, 1.807) is 0 Å². The van der Waals surface area contributed by atoms with E-state index in [-0.39, 0.29) is 18.3 Å². The Morgan fingerprint density at radius 3 is 3.00 bits per heavy atom. The minimum atomic E-state index is 0. The zero-order valence-corrected chi connectivity index (χ0v) is 11.3. The number of amides is 1. The van der Waals surface area contributed by atoms with Gasteiger partial charge in [0.15, 0.2) is 0 Å². The van der Waals surface area contributed by atoms with Crippen molar-refractivity contribution in [1.82, 2.24) is 5.32 Å². The Balaban J connectivity index is 0.00000162. The molecule has 1 aromatic carbocycles. The average molecular weight is 271 g/mol. The van der Waals surface area contributed by atoms with Crippen molar-refractivity contribution in [3.05, 3.63) is 24.3 Å². The molecule has 0 aliphatic carbocycles. The van der Waals surface area contributed by atoms with Crippen molar-refractivity contribution in [2.24, 2.45) is 0 Å². The molecule has 1 aliphatic heterocycles. The highest BCUT2D eigenvalue weighted by molar-refractivity contribution is 5.95. The van der Waals surface area contributed by atoms with Crippen LogP contribution in [-0.4, -0.2) is 32.7 Å². The smallest absolute Gasteiger partial charge is 0.227 e. The Morgan fingerprint density at radius 2 is 2.22 bits per heavy atom. The fraction of sp³-hybridized carbons (Fsp3) is 0.462. The van der Waals surface area contributed by atoms with Crippen LogP contribution < -0.4 is 15.0 Å². The molecule has 100 valence electrons. The molecular weight excluding hydrogens is 252 g/mol. The quantitative estimate of drug-likeness (QED) is 0.849. The third-order valence-corrected chi connectivity index (χ3v) is 2.85. The standard InChI is InChI=1S/C13H18N2O2.ClH/c1-14-8-4-7-13(16)15-9-10-17-12-6-3-2-5-11(12)15;/h2-3,5-6,14H,4,7-10H2,1H3;1H. The van der Waals surface area contributed by atoms with Gasteiger partial charge < -0.3 is 15.0 Å². The fourth-order valence-corrected chi connectivity index (χ4v) is 1.98. The molecule has 1 heterocycles. The first-order chi connectivity index (χ1) is 8.33. The van der Waals surface area contributed by atoms with Gasteiger partial charge in [0.2, 0.25) is 5.91 Å². The highest BCUT2D eigenvalue weighted by Gasteiger charge is 2.22. The summed E-state index contributed by atoms with van der Waals surface area (Å²) in [7, 11) is 1.90. The van der Waals surface area contributed by atoms with Crippen molar-refractivity contribution >= 4 is 24.0 Å². The van der Waals surface area contributed by atoms with E-state index in [4.69, 9.17) is 4.74 Å². The summed E-state index contributed by atoms with van der Waals surface area (Å²) in [6, 6.07) is 7.70. The maximum atomic E-state index is 12.1. The van der Waals surface area contributed by atoms with Crippen LogP contribution >= 0.6 is 12.4 Å². The molecule has 1 amide bonds. The molecule has 5 heteroatoms. The number of para-hydroxylation sites is 2. The lowest BCUT2D eigenvalue weighted by molar-refractivity contribution is -0.118. The normalized spacial score (nSPS) is 13.3. The van der Waals surface area contributed by atoms with Gasteiger partial charge in [0, 0.05) is 6.42 Å². The zero-order chi connectivity index (χ0) is 12.1. The number of nitrogens with one attached hydrogen (secondary N) is 1. The summed E-state index contributed by atoms with van der Waals surface area (Å²) in [5.74, 6) is 0.983. The topological polar surface area (TPSA) is 41.6 Å². The van der Waals surface area contributed by atoms with Gasteiger partial charge in [-0.15, -0.1) is 12.4 Å². The van der Waals surface area contributed by atoms with Gasteiger partial charge in [-0.1, -0.05) is 12.1 Å². The third kappa shape index (κ3) is 3.37. The number of fused-ring (bicyclic) bond motifs is 1. The molecule has 1 N–H and O–H groups in total. The first-order valence-electron chi connectivity index (χ1n) is 5.99. The summed E-state index contributed by atoms with van der Waals surface area (Å²) >= 11 is 0. The number of anilines is 1. The molecule has 4 nitrogen and oxygen atoms in total. The number of nitrogens with zero attached hydrogens (tertiary/aromatic N) is 1. The van der Waals surface area contributed by atoms with Gasteiger partial charge in [-0.3, -0.25) is 4.79 Å². The van der Waals surface area contributed by atoms with E-state index in [1.165, 1.54) is 0 Å². The van der Waals surface area contributed by atoms with Crippen molar-refractivity contribution < 1.29 is 9.53 Å². The van der Waals surface area contributed by atoms with Crippen molar-refractivity contribution in [2.45, 2.75) is 12.8 Å². The number of rotatable bonds is 4. The molecule has 2 rings (SSSR count). The first kappa shape index (κ1) is 14.8. The van der Waals surface area contributed by atoms with Gasteiger partial charge in [0.25, 0.3) is 0 Å². The van der Waals surface area contributed by atoms with E-state index in [0.29, 0.717) is 19.6 Å². The predicted molar refractivity (Wildman–Crippen MR) is 74.7 cm³/mol. The van der Waals surface area contributed by atoms with Crippen molar-refractivity contribution in [2.75, 3.05) is 31.6 Å². The van der Waals surface area contributed by atoms with E-state index in [9.17, 15) is 4.79 Å². The highest BCUT2D eigenvalue weighted by Crippen LogP contribution is 2.31. The van der Waals surface area contributed by atoms with Crippen LogP contribution in [0.15, 0.2) is 24.3 Å². The molecule has 0 bridgehead atoms. The molecular formula is C13H19ClN2O2. The minimum Gasteiger partial charge on any atom is -0.490 e. The van der Waals surface area contributed by atoms with Crippen LogP contribution in [-0.2, 0) is 4.79 Å². The van der Waals surface area contributed by atoms with Gasteiger partial charge in [-0.2, -0.15) is 0 Å². The maximum absolute atomic E-state index is 12.1. The number of carbonyl (C=O) groups is 1. The molecule has 1 aliphatic rings. The number of hydrogen-bond donors (Lipinski definition) is 1. The highest BCUT2D eigenvalue weighted by atomic mass is 35.5. The predicted octanol–water partition coefficient (Wildman–Crippen LogP) is 1.83. The summed E-state index contributed by atoms with van der Waals surface area (Å²) in [5.41, 5.74) is 0.896. The maximum Gasteiger partial charge on any atom is 0.227 e. The number of ether oxygens (including phenoxy) is 1. The SMILES string of the molecule is CNCCCC(=O)N1CCOc2ccccc21.Cl. The summed E-state index contributed by atoms with van der Waals surface area (Å²) in [6.07, 6.45) is 1.45. The molecule has 0 fully saturated rings. The first-order valence-corrected chi connectivity index (χ1v) is 5.99. The van der Waals surface area contributed by atoms with Crippen molar-refractivity contribution in [3.8, 4) is 5.75 Å². The molecule has 0 saturated heterocycles. The van der Waals surface area contributed by atoms with Crippen LogP contribution in [0.25, 0.3) is 0 Å². The van der Waals surface area contributed by atoms with Crippen LogP contribution in [0.5, 0.6) is 5.75 Å². The van der Waals surface area contributed by atoms with Crippen molar-refractivity contribution in [1.29, 1.82) is 0 Å². The Kier molecular flexibility index (Phi) is 5.95. The lowest BCUT2D eigenvalue weighted by Crippen LogP contribution is -2.38. The summed E-state index contributed by atoms with van der Waals surface area (Å²) in [5, 5.41) is 3.05. The number of hydrogen-bond acceptors (Lipinski definition) is 3. The number of benzene rings is 1.